The molecule has 1 aliphatic heterocycles. The Kier molecular flexibility index (Phi) is 3.54. The van der Waals surface area contributed by atoms with Gasteiger partial charge in [-0.15, -0.1) is 0 Å². The van der Waals surface area contributed by atoms with E-state index in [1.165, 1.54) is 12.5 Å². The third kappa shape index (κ3) is 2.16. The van der Waals surface area contributed by atoms with Gasteiger partial charge < -0.3 is 19.7 Å². The number of H-pyrrole nitrogens is 1. The van der Waals surface area contributed by atoms with Gasteiger partial charge in [0.15, 0.2) is 0 Å². The lowest BCUT2D eigenvalue weighted by Crippen LogP contribution is -2.62. The normalized spacial score (nSPS) is 27.4. The molecule has 114 valence electrons. The smallest absolute Gasteiger partial charge is 0.263 e. The number of carbonyl (C=O) groups is 1. The molecule has 1 amide bonds. The van der Waals surface area contributed by atoms with Crippen LogP contribution in [0.1, 0.15) is 29.6 Å². The number of amides is 1. The van der Waals surface area contributed by atoms with E-state index in [9.17, 15) is 14.7 Å². The van der Waals surface area contributed by atoms with Crippen LogP contribution in [0.4, 0.5) is 0 Å². The second-order valence-corrected chi connectivity index (χ2v) is 5.80. The monoisotopic (exact) mass is 293 g/mol. The van der Waals surface area contributed by atoms with Gasteiger partial charge in [0.1, 0.15) is 5.56 Å². The third-order valence-electron chi connectivity index (χ3n) is 4.96. The Labute approximate surface area is 121 Å². The molecule has 2 aliphatic rings. The van der Waals surface area contributed by atoms with Crippen molar-refractivity contribution < 1.29 is 14.6 Å². The fraction of sp³-hybridized carbons (Fsp3) is 0.643. The predicted molar refractivity (Wildman–Crippen MR) is 73.8 cm³/mol. The molecule has 2 fully saturated rings. The van der Waals surface area contributed by atoms with Crippen LogP contribution in [-0.4, -0.2) is 58.3 Å². The Morgan fingerprint density at radius 1 is 1.52 bits per heavy atom. The Morgan fingerprint density at radius 3 is 2.81 bits per heavy atom. The van der Waals surface area contributed by atoms with E-state index >= 15 is 0 Å². The molecule has 7 heteroatoms. The van der Waals surface area contributed by atoms with Gasteiger partial charge in [-0.25, -0.2) is 4.98 Å². The van der Waals surface area contributed by atoms with Crippen LogP contribution in [-0.2, 0) is 4.74 Å². The molecule has 21 heavy (non-hydrogen) atoms. The van der Waals surface area contributed by atoms with Gasteiger partial charge in [0.25, 0.3) is 11.5 Å². The largest absolute Gasteiger partial charge is 0.392 e. The van der Waals surface area contributed by atoms with Crippen LogP contribution >= 0.6 is 0 Å². The van der Waals surface area contributed by atoms with Crippen molar-refractivity contribution in [2.45, 2.75) is 31.5 Å². The third-order valence-corrected chi connectivity index (χ3v) is 4.96. The van der Waals surface area contributed by atoms with Crippen molar-refractivity contribution in [3.8, 4) is 0 Å². The van der Waals surface area contributed by atoms with Gasteiger partial charge in [-0.1, -0.05) is 0 Å². The molecule has 0 bridgehead atoms. The summed E-state index contributed by atoms with van der Waals surface area (Å²) < 4.78 is 5.42. The number of ether oxygens (including phenoxy) is 1. The second-order valence-electron chi connectivity index (χ2n) is 5.80. The number of aliphatic hydroxyl groups is 1. The molecule has 2 heterocycles. The topological polar surface area (TPSA) is 95.5 Å². The number of hydrogen-bond donors (Lipinski definition) is 2. The van der Waals surface area contributed by atoms with Crippen LogP contribution < -0.4 is 5.56 Å². The minimum absolute atomic E-state index is 0.0610. The molecule has 0 radical (unpaired) electrons. The van der Waals surface area contributed by atoms with Crippen LogP contribution in [0.5, 0.6) is 0 Å². The second kappa shape index (κ2) is 5.23. The van der Waals surface area contributed by atoms with E-state index in [4.69, 9.17) is 4.74 Å². The standard InChI is InChI=1S/C14H19N3O4/c1-21-11-6-10(18)14(11)2-4-17(5-3-14)13(20)9-7-15-8-16-12(9)19/h7-8,10-11,18H,2-6H2,1H3,(H,15,16,19)/t10-,11+/m1/s1. The maximum Gasteiger partial charge on any atom is 0.263 e. The predicted octanol–water partition coefficient (Wildman–Crippen LogP) is -0.228. The number of rotatable bonds is 2. The molecule has 2 N–H and O–H groups in total. The van der Waals surface area contributed by atoms with E-state index in [-0.39, 0.29) is 29.1 Å². The summed E-state index contributed by atoms with van der Waals surface area (Å²) in [4.78, 5) is 31.8. The van der Waals surface area contributed by atoms with E-state index in [0.717, 1.165) is 0 Å². The summed E-state index contributed by atoms with van der Waals surface area (Å²) in [7, 11) is 1.66. The first-order valence-electron chi connectivity index (χ1n) is 7.11. The van der Waals surface area contributed by atoms with Crippen LogP contribution in [0.3, 0.4) is 0 Å². The molecule has 0 unspecified atom stereocenters. The van der Waals surface area contributed by atoms with Crippen LogP contribution in [0, 0.1) is 5.41 Å². The van der Waals surface area contributed by atoms with Crippen LogP contribution in [0.25, 0.3) is 0 Å². The summed E-state index contributed by atoms with van der Waals surface area (Å²) >= 11 is 0. The maximum atomic E-state index is 12.3. The van der Waals surface area contributed by atoms with E-state index in [0.29, 0.717) is 32.4 Å². The van der Waals surface area contributed by atoms with Crippen molar-refractivity contribution in [3.05, 3.63) is 28.4 Å². The average Bonchev–Trinajstić information content (AvgIpc) is 2.52. The number of carbonyl (C=O) groups excluding carboxylic acids is 1. The molecular weight excluding hydrogens is 274 g/mol. The van der Waals surface area contributed by atoms with Crippen LogP contribution in [0.15, 0.2) is 17.3 Å². The number of nitrogens with one attached hydrogen (secondary N) is 1. The van der Waals surface area contributed by atoms with E-state index < -0.39 is 5.56 Å². The lowest BCUT2D eigenvalue weighted by atomic mass is 9.58. The molecule has 0 aromatic carbocycles. The number of aliphatic hydroxyl groups excluding tert-OH is 1. The molecule has 7 nitrogen and oxygen atoms in total. The van der Waals surface area contributed by atoms with E-state index in [2.05, 4.69) is 9.97 Å². The van der Waals surface area contributed by atoms with Crippen molar-refractivity contribution in [3.63, 3.8) is 0 Å². The number of hydrogen-bond acceptors (Lipinski definition) is 5. The highest BCUT2D eigenvalue weighted by molar-refractivity contribution is 5.93. The number of piperidine rings is 1. The highest BCUT2D eigenvalue weighted by Crippen LogP contribution is 2.50. The van der Waals surface area contributed by atoms with Crippen molar-refractivity contribution >= 4 is 5.91 Å². The van der Waals surface area contributed by atoms with Crippen LogP contribution in [0.2, 0.25) is 0 Å². The molecule has 2 atom stereocenters. The van der Waals surface area contributed by atoms with Crippen molar-refractivity contribution in [2.24, 2.45) is 5.41 Å². The number of likely N-dealkylation sites (tertiary alicyclic amines) is 1. The van der Waals surface area contributed by atoms with E-state index in [1.54, 1.807) is 12.0 Å². The lowest BCUT2D eigenvalue weighted by molar-refractivity contribution is -0.199. The molecule has 1 saturated carbocycles. The highest BCUT2D eigenvalue weighted by atomic mass is 16.5. The van der Waals surface area contributed by atoms with Crippen molar-refractivity contribution in [2.75, 3.05) is 20.2 Å². The average molecular weight is 293 g/mol. The fourth-order valence-corrected chi connectivity index (χ4v) is 3.51. The molecule has 3 rings (SSSR count). The number of nitrogens with zero attached hydrogens (tertiary/aromatic N) is 2. The molecule has 1 aromatic rings. The Bertz CT molecular complexity index is 592. The number of methoxy groups -OCH3 is 1. The SMILES string of the molecule is CO[C@H]1C[C@@H](O)C12CCN(C(=O)c1cnc[nH]c1=O)CC2. The molecule has 1 aliphatic carbocycles. The summed E-state index contributed by atoms with van der Waals surface area (Å²) in [5.74, 6) is -0.304. The zero-order valence-corrected chi connectivity index (χ0v) is 11.9. The minimum atomic E-state index is -0.422. The van der Waals surface area contributed by atoms with Gasteiger partial charge in [0.2, 0.25) is 0 Å². The van der Waals surface area contributed by atoms with Gasteiger partial charge in [0.05, 0.1) is 18.5 Å². The maximum absolute atomic E-state index is 12.3. The lowest BCUT2D eigenvalue weighted by Gasteiger charge is -2.56. The van der Waals surface area contributed by atoms with Crippen molar-refractivity contribution in [1.29, 1.82) is 0 Å². The van der Waals surface area contributed by atoms with Gasteiger partial charge >= 0.3 is 0 Å². The first-order valence-corrected chi connectivity index (χ1v) is 7.11. The first kappa shape index (κ1) is 14.2. The first-order chi connectivity index (χ1) is 10.1. The molecule has 1 spiro atoms. The van der Waals surface area contributed by atoms with Crippen molar-refractivity contribution in [1.82, 2.24) is 14.9 Å². The fourth-order valence-electron chi connectivity index (χ4n) is 3.51. The number of aromatic nitrogens is 2. The van der Waals surface area contributed by atoms with Gasteiger partial charge in [-0.3, -0.25) is 9.59 Å². The van der Waals surface area contributed by atoms with Gasteiger partial charge in [0, 0.05) is 38.2 Å². The van der Waals surface area contributed by atoms with E-state index in [1.807, 2.05) is 0 Å². The Balaban J connectivity index is 1.70. The Hall–Kier alpha value is -1.73. The summed E-state index contributed by atoms with van der Waals surface area (Å²) in [6.07, 6.45) is 4.30. The summed E-state index contributed by atoms with van der Waals surface area (Å²) in [5, 5.41) is 10.1. The summed E-state index contributed by atoms with van der Waals surface area (Å²) in [6, 6.07) is 0. The molecular formula is C14H19N3O4. The quantitative estimate of drug-likeness (QED) is 0.785. The van der Waals surface area contributed by atoms with Gasteiger partial charge in [-0.05, 0) is 12.8 Å². The zero-order chi connectivity index (χ0) is 15.0. The minimum Gasteiger partial charge on any atom is -0.392 e. The molecule has 1 aromatic heterocycles. The van der Waals surface area contributed by atoms with Gasteiger partial charge in [-0.2, -0.15) is 0 Å². The summed E-state index contributed by atoms with van der Waals surface area (Å²) in [6.45, 7) is 1.04. The number of aromatic amines is 1. The highest BCUT2D eigenvalue weighted by Gasteiger charge is 2.56. The zero-order valence-electron chi connectivity index (χ0n) is 11.9. The molecule has 1 saturated heterocycles. The summed E-state index contributed by atoms with van der Waals surface area (Å²) in [5.41, 5.74) is -0.591. The Morgan fingerprint density at radius 2 is 2.24 bits per heavy atom.